The smallest absolute Gasteiger partial charge is 0.416 e. The van der Waals surface area contributed by atoms with Crippen LogP contribution in [0.2, 0.25) is 0 Å². The van der Waals surface area contributed by atoms with Crippen molar-refractivity contribution >= 4 is 43.5 Å². The first-order chi connectivity index (χ1) is 20.2. The van der Waals surface area contributed by atoms with Crippen molar-refractivity contribution in [3.8, 4) is 5.75 Å². The van der Waals surface area contributed by atoms with Gasteiger partial charge in [0.05, 0.1) is 29.1 Å². The molecule has 0 aliphatic carbocycles. The van der Waals surface area contributed by atoms with Gasteiger partial charge in [0.1, 0.15) is 30.1 Å². The molecule has 230 valence electrons. The molecule has 0 bridgehead atoms. The molecule has 0 aliphatic heterocycles. The van der Waals surface area contributed by atoms with Crippen molar-refractivity contribution in [3.05, 3.63) is 65.5 Å². The molecule has 0 radical (unpaired) electrons. The van der Waals surface area contributed by atoms with Crippen LogP contribution in [0.15, 0.2) is 53.0 Å². The van der Waals surface area contributed by atoms with Crippen molar-refractivity contribution < 1.29 is 40.7 Å². The van der Waals surface area contributed by atoms with E-state index >= 15 is 0 Å². The zero-order valence-corrected chi connectivity index (χ0v) is 24.7. The molecule has 4 aromatic rings. The van der Waals surface area contributed by atoms with Crippen LogP contribution in [0.1, 0.15) is 36.7 Å². The highest BCUT2D eigenvalue weighted by atomic mass is 32.2. The van der Waals surface area contributed by atoms with Gasteiger partial charge in [0.25, 0.3) is 10.0 Å². The molecular formula is C26H27F3N6O6S2. The molecule has 2 atom stereocenters. The number of benzene rings is 2. The maximum Gasteiger partial charge on any atom is 0.416 e. The van der Waals surface area contributed by atoms with E-state index in [0.29, 0.717) is 27.2 Å². The summed E-state index contributed by atoms with van der Waals surface area (Å²) in [5, 5.41) is 15.9. The summed E-state index contributed by atoms with van der Waals surface area (Å²) >= 11 is 0.906. The van der Waals surface area contributed by atoms with Crippen LogP contribution in [0.5, 0.6) is 5.75 Å². The summed E-state index contributed by atoms with van der Waals surface area (Å²) in [4.78, 5) is 29.8. The largest absolute Gasteiger partial charge is 0.487 e. The number of nitrogens with one attached hydrogen (secondary N) is 1. The van der Waals surface area contributed by atoms with E-state index < -0.39 is 45.7 Å². The fraction of sp³-hybridized carbons (Fsp3) is 0.346. The molecule has 3 N–H and O–H groups in total. The topological polar surface area (TPSA) is 168 Å². The fourth-order valence-corrected chi connectivity index (χ4v) is 5.84. The molecule has 0 saturated carbocycles. The fourth-order valence-electron chi connectivity index (χ4n) is 4.15. The normalized spacial score (nSPS) is 13.6. The number of alkyl halides is 3. The first-order valence-corrected chi connectivity index (χ1v) is 15.0. The molecule has 17 heteroatoms. The number of aromatic nitrogens is 4. The molecular weight excluding hydrogens is 613 g/mol. The van der Waals surface area contributed by atoms with Crippen LogP contribution in [0, 0.1) is 5.92 Å². The second kappa shape index (κ2) is 12.6. The number of hydrogen-bond acceptors (Lipinski definition) is 10. The Hall–Kier alpha value is -4.09. The average Bonchev–Trinajstić information content (AvgIpc) is 3.58. The lowest BCUT2D eigenvalue weighted by atomic mass is 10.0. The lowest BCUT2D eigenvalue weighted by molar-refractivity contribution is -0.145. The average molecular weight is 641 g/mol. The highest BCUT2D eigenvalue weighted by Gasteiger charge is 2.32. The molecule has 1 amide bonds. The number of esters is 1. The van der Waals surface area contributed by atoms with Crippen LogP contribution in [-0.2, 0) is 43.6 Å². The van der Waals surface area contributed by atoms with Gasteiger partial charge in [-0.2, -0.15) is 13.2 Å². The number of thiazole rings is 1. The molecule has 2 aromatic carbocycles. The van der Waals surface area contributed by atoms with Crippen molar-refractivity contribution in [1.29, 1.82) is 0 Å². The first kappa shape index (κ1) is 31.8. The number of methoxy groups -OCH3 is 1. The highest BCUT2D eigenvalue weighted by molar-refractivity contribution is 7.91. The Morgan fingerprint density at radius 2 is 1.84 bits per heavy atom. The Morgan fingerprint density at radius 1 is 1.14 bits per heavy atom. The predicted octanol–water partition coefficient (Wildman–Crippen LogP) is 3.23. The maximum atomic E-state index is 13.3. The predicted molar refractivity (Wildman–Crippen MR) is 148 cm³/mol. The van der Waals surface area contributed by atoms with Crippen LogP contribution in [0.4, 0.5) is 13.2 Å². The standard InChI is InChI=1S/C26H27F3N6O6S2/c1-14(2)22(23(36)31-20(24(37)40-3)10-15-4-6-16(7-5-15)26(27,28)29)35-12-17(33-34-35)13-41-18-8-9-19-21(11-18)42-25(32-19)43(30,38)39/h4-9,11-12,14,20,22H,10,13H2,1-3H3,(H,31,36)(H2,30,38,39)/t20?,22-/m0/s1. The molecule has 2 heterocycles. The lowest BCUT2D eigenvalue weighted by Gasteiger charge is -2.23. The van der Waals surface area contributed by atoms with Crippen LogP contribution in [0.25, 0.3) is 10.2 Å². The van der Waals surface area contributed by atoms with Crippen LogP contribution in [-0.4, -0.2) is 53.4 Å². The third kappa shape index (κ3) is 7.85. The summed E-state index contributed by atoms with van der Waals surface area (Å²) in [6.45, 7) is 3.51. The Morgan fingerprint density at radius 3 is 2.44 bits per heavy atom. The van der Waals surface area contributed by atoms with E-state index in [2.05, 4.69) is 20.6 Å². The van der Waals surface area contributed by atoms with E-state index in [9.17, 15) is 31.2 Å². The number of amides is 1. The maximum absolute atomic E-state index is 13.3. The molecule has 1 unspecified atom stereocenters. The minimum Gasteiger partial charge on any atom is -0.487 e. The number of hydrogen-bond donors (Lipinski definition) is 2. The molecule has 0 saturated heterocycles. The third-order valence-electron chi connectivity index (χ3n) is 6.24. The Kier molecular flexibility index (Phi) is 9.36. The monoisotopic (exact) mass is 640 g/mol. The molecule has 0 fully saturated rings. The number of primary sulfonamides is 1. The van der Waals surface area contributed by atoms with E-state index in [4.69, 9.17) is 14.6 Å². The number of rotatable bonds is 11. The SMILES string of the molecule is COC(=O)C(Cc1ccc(C(F)(F)F)cc1)NC(=O)[C@H](C(C)C)n1cc(COc2ccc3nc(S(N)(=O)=O)sc3c2)nn1. The second-order valence-corrected chi connectivity index (χ2v) is 12.6. The van der Waals surface area contributed by atoms with Gasteiger partial charge in [-0.3, -0.25) is 4.79 Å². The summed E-state index contributed by atoms with van der Waals surface area (Å²) < 4.78 is 74.1. The molecule has 0 aliphatic rings. The number of ether oxygens (including phenoxy) is 2. The van der Waals surface area contributed by atoms with Gasteiger partial charge in [-0.05, 0) is 41.8 Å². The van der Waals surface area contributed by atoms with Crippen LogP contribution < -0.4 is 15.2 Å². The number of sulfonamides is 1. The zero-order chi connectivity index (χ0) is 31.5. The molecule has 43 heavy (non-hydrogen) atoms. The zero-order valence-electron chi connectivity index (χ0n) is 23.0. The van der Waals surface area contributed by atoms with Gasteiger partial charge in [-0.25, -0.2) is 28.0 Å². The van der Waals surface area contributed by atoms with Crippen molar-refractivity contribution in [3.63, 3.8) is 0 Å². The second-order valence-electron chi connectivity index (χ2n) is 9.80. The van der Waals surface area contributed by atoms with Gasteiger partial charge in [0.15, 0.2) is 0 Å². The number of nitrogens with two attached hydrogens (primary N) is 1. The minimum atomic E-state index is -4.50. The quantitative estimate of drug-likeness (QED) is 0.234. The van der Waals surface area contributed by atoms with Gasteiger partial charge in [0, 0.05) is 6.42 Å². The summed E-state index contributed by atoms with van der Waals surface area (Å²) in [6.07, 6.45) is -3.09. The van der Waals surface area contributed by atoms with Crippen molar-refractivity contribution in [2.45, 2.75) is 49.5 Å². The summed E-state index contributed by atoms with van der Waals surface area (Å²) in [5.74, 6) is -1.23. The number of carbonyl (C=O) groups excluding carboxylic acids is 2. The summed E-state index contributed by atoms with van der Waals surface area (Å²) in [5.41, 5.74) is 0.382. The molecule has 4 rings (SSSR count). The van der Waals surface area contributed by atoms with Gasteiger partial charge < -0.3 is 14.8 Å². The Balaban J connectivity index is 1.44. The van der Waals surface area contributed by atoms with Crippen molar-refractivity contribution in [2.75, 3.05) is 7.11 Å². The number of carbonyl (C=O) groups is 2. The molecule has 0 spiro atoms. The molecule has 12 nitrogen and oxygen atoms in total. The summed E-state index contributed by atoms with van der Waals surface area (Å²) in [6, 6.07) is 7.02. The van der Waals surface area contributed by atoms with Crippen molar-refractivity contribution in [2.24, 2.45) is 11.1 Å². The first-order valence-electron chi connectivity index (χ1n) is 12.7. The van der Waals surface area contributed by atoms with Crippen molar-refractivity contribution in [1.82, 2.24) is 25.3 Å². The highest BCUT2D eigenvalue weighted by Crippen LogP contribution is 2.30. The third-order valence-corrected chi connectivity index (χ3v) is 8.57. The summed E-state index contributed by atoms with van der Waals surface area (Å²) in [7, 11) is -2.80. The Bertz CT molecular complexity index is 1720. The van der Waals surface area contributed by atoms with E-state index in [1.54, 1.807) is 32.0 Å². The van der Waals surface area contributed by atoms with Crippen LogP contribution in [0.3, 0.4) is 0 Å². The Labute approximate surface area is 248 Å². The van der Waals surface area contributed by atoms with E-state index in [1.807, 2.05) is 0 Å². The van der Waals surface area contributed by atoms with E-state index in [0.717, 1.165) is 30.6 Å². The lowest BCUT2D eigenvalue weighted by Crippen LogP contribution is -2.47. The number of fused-ring (bicyclic) bond motifs is 1. The van der Waals surface area contributed by atoms with Crippen LogP contribution >= 0.6 is 11.3 Å². The van der Waals surface area contributed by atoms with Gasteiger partial charge in [-0.15, -0.1) is 16.4 Å². The molecule has 2 aromatic heterocycles. The van der Waals surface area contributed by atoms with Gasteiger partial charge >= 0.3 is 12.1 Å². The number of nitrogens with zero attached hydrogens (tertiary/aromatic N) is 4. The minimum absolute atomic E-state index is 0.0303. The van der Waals surface area contributed by atoms with E-state index in [-0.39, 0.29) is 23.3 Å². The van der Waals surface area contributed by atoms with E-state index in [1.165, 1.54) is 23.0 Å². The van der Waals surface area contributed by atoms with Gasteiger partial charge in [-0.1, -0.05) is 31.2 Å². The number of halogens is 3. The van der Waals surface area contributed by atoms with Gasteiger partial charge in [0.2, 0.25) is 10.2 Å².